The second-order valence-corrected chi connectivity index (χ2v) is 9.92. The molecule has 2 N–H and O–H groups in total. The molecule has 1 aliphatic rings. The van der Waals surface area contributed by atoms with Crippen LogP contribution in [0.25, 0.3) is 0 Å². The molecule has 172 valence electrons. The summed E-state index contributed by atoms with van der Waals surface area (Å²) in [6.45, 7) is 2.12. The number of hydrogen-bond acceptors (Lipinski definition) is 5. The van der Waals surface area contributed by atoms with Crippen LogP contribution in [0.4, 0.5) is 10.1 Å². The fraction of sp³-hybridized carbons (Fsp3) is 0.391. The molecule has 0 unspecified atom stereocenters. The van der Waals surface area contributed by atoms with Crippen LogP contribution in [-0.4, -0.2) is 32.9 Å². The Morgan fingerprint density at radius 3 is 2.22 bits per heavy atom. The lowest BCUT2D eigenvalue weighted by atomic mass is 9.77. The average molecular weight is 463 g/mol. The Bertz CT molecular complexity index is 1060. The van der Waals surface area contributed by atoms with Crippen molar-refractivity contribution in [1.29, 1.82) is 0 Å². The number of methoxy groups -OCH3 is 1. The van der Waals surface area contributed by atoms with Gasteiger partial charge in [-0.1, -0.05) is 19.1 Å². The monoisotopic (exact) mass is 462 g/mol. The van der Waals surface area contributed by atoms with Crippen LogP contribution in [-0.2, 0) is 30.8 Å². The zero-order valence-electron chi connectivity index (χ0n) is 18.1. The van der Waals surface area contributed by atoms with Crippen LogP contribution < -0.4 is 10.0 Å². The molecular formula is C23H27FN2O5S. The molecular weight excluding hydrogens is 435 g/mol. The van der Waals surface area contributed by atoms with Gasteiger partial charge in [0, 0.05) is 5.69 Å². The normalized spacial score (nSPS) is 20.9. The van der Waals surface area contributed by atoms with Gasteiger partial charge in [0.05, 0.1) is 18.4 Å². The zero-order valence-corrected chi connectivity index (χ0v) is 18.9. The summed E-state index contributed by atoms with van der Waals surface area (Å²) in [5, 5.41) is 2.88. The van der Waals surface area contributed by atoms with Crippen molar-refractivity contribution in [2.45, 2.75) is 49.5 Å². The summed E-state index contributed by atoms with van der Waals surface area (Å²) in [4.78, 5) is 25.0. The van der Waals surface area contributed by atoms with Gasteiger partial charge in [-0.25, -0.2) is 17.6 Å². The number of esters is 1. The molecule has 0 aliphatic heterocycles. The highest BCUT2D eigenvalue weighted by atomic mass is 32.2. The van der Waals surface area contributed by atoms with Crippen LogP contribution in [0.5, 0.6) is 0 Å². The Morgan fingerprint density at radius 1 is 1.06 bits per heavy atom. The van der Waals surface area contributed by atoms with Gasteiger partial charge in [0.2, 0.25) is 5.91 Å². The third-order valence-electron chi connectivity index (χ3n) is 5.78. The molecule has 0 radical (unpaired) electrons. The number of hydrogen-bond donors (Lipinski definition) is 2. The standard InChI is InChI=1S/C23H27FN2O5S/c1-16-11-13-23(14-12-16,22(28)31-2)25-21(27)15-17-3-7-19(8-4-17)26-32(29,30)20-9-5-18(24)6-10-20/h3-10,16,26H,11-15H2,1-2H3,(H,25,27). The maximum atomic E-state index is 13.0. The Kier molecular flexibility index (Phi) is 7.18. The SMILES string of the molecule is COC(=O)C1(NC(=O)Cc2ccc(NS(=O)(=O)c3ccc(F)cc3)cc2)CCC(C)CC1. The predicted molar refractivity (Wildman–Crippen MR) is 118 cm³/mol. The van der Waals surface area contributed by atoms with E-state index in [1.54, 1.807) is 24.3 Å². The summed E-state index contributed by atoms with van der Waals surface area (Å²) >= 11 is 0. The minimum atomic E-state index is -3.86. The van der Waals surface area contributed by atoms with Crippen molar-refractivity contribution in [3.63, 3.8) is 0 Å². The third-order valence-corrected chi connectivity index (χ3v) is 7.17. The fourth-order valence-electron chi connectivity index (χ4n) is 3.85. The van der Waals surface area contributed by atoms with Crippen LogP contribution >= 0.6 is 0 Å². The highest BCUT2D eigenvalue weighted by Gasteiger charge is 2.43. The molecule has 1 fully saturated rings. The van der Waals surface area contributed by atoms with E-state index in [4.69, 9.17) is 4.74 Å². The molecule has 0 atom stereocenters. The molecule has 3 rings (SSSR count). The van der Waals surface area contributed by atoms with Crippen molar-refractivity contribution < 1.29 is 27.1 Å². The Labute approximate surface area is 187 Å². The van der Waals surface area contributed by atoms with Crippen molar-refractivity contribution in [2.75, 3.05) is 11.8 Å². The fourth-order valence-corrected chi connectivity index (χ4v) is 4.90. The Morgan fingerprint density at radius 2 is 1.66 bits per heavy atom. The van der Waals surface area contributed by atoms with Gasteiger partial charge < -0.3 is 10.1 Å². The molecule has 1 aliphatic carbocycles. The first-order valence-corrected chi connectivity index (χ1v) is 11.9. The highest BCUT2D eigenvalue weighted by molar-refractivity contribution is 7.92. The minimum absolute atomic E-state index is 0.0410. The quantitative estimate of drug-likeness (QED) is 0.614. The third kappa shape index (κ3) is 5.64. The summed E-state index contributed by atoms with van der Waals surface area (Å²) in [6.07, 6.45) is 2.78. The number of rotatable bonds is 7. The van der Waals surface area contributed by atoms with Crippen LogP contribution in [0.1, 0.15) is 38.2 Å². The first kappa shape index (κ1) is 23.7. The van der Waals surface area contributed by atoms with Gasteiger partial charge in [-0.3, -0.25) is 9.52 Å². The predicted octanol–water partition coefficient (Wildman–Crippen LogP) is 3.41. The first-order chi connectivity index (χ1) is 15.1. The van der Waals surface area contributed by atoms with Gasteiger partial charge in [0.25, 0.3) is 10.0 Å². The molecule has 0 heterocycles. The topological polar surface area (TPSA) is 102 Å². The van der Waals surface area contributed by atoms with Crippen LogP contribution in [0, 0.1) is 11.7 Å². The molecule has 1 amide bonds. The van der Waals surface area contributed by atoms with E-state index in [0.29, 0.717) is 30.0 Å². The molecule has 0 spiro atoms. The van der Waals surface area contributed by atoms with Gasteiger partial charge in [0.15, 0.2) is 0 Å². The lowest BCUT2D eigenvalue weighted by Gasteiger charge is -2.37. The smallest absolute Gasteiger partial charge is 0.331 e. The van der Waals surface area contributed by atoms with Crippen molar-refractivity contribution in [1.82, 2.24) is 5.32 Å². The number of carbonyl (C=O) groups excluding carboxylic acids is 2. The zero-order chi connectivity index (χ0) is 23.4. The molecule has 0 bridgehead atoms. The molecule has 9 heteroatoms. The minimum Gasteiger partial charge on any atom is -0.467 e. The summed E-state index contributed by atoms with van der Waals surface area (Å²) in [7, 11) is -2.54. The number of sulfonamides is 1. The van der Waals surface area contributed by atoms with Gasteiger partial charge in [-0.15, -0.1) is 0 Å². The largest absolute Gasteiger partial charge is 0.467 e. The van der Waals surface area contributed by atoms with Crippen LogP contribution in [0.3, 0.4) is 0 Å². The number of benzene rings is 2. The molecule has 1 saturated carbocycles. The van der Waals surface area contributed by atoms with E-state index in [-0.39, 0.29) is 17.2 Å². The number of anilines is 1. The van der Waals surface area contributed by atoms with E-state index in [2.05, 4.69) is 17.0 Å². The molecule has 2 aromatic rings. The van der Waals surface area contributed by atoms with Crippen molar-refractivity contribution in [3.8, 4) is 0 Å². The first-order valence-electron chi connectivity index (χ1n) is 10.4. The molecule has 2 aromatic carbocycles. The molecule has 0 aromatic heterocycles. The summed E-state index contributed by atoms with van der Waals surface area (Å²) < 4.78 is 45.2. The maximum absolute atomic E-state index is 13.0. The van der Waals surface area contributed by atoms with Crippen molar-refractivity contribution >= 4 is 27.6 Å². The van der Waals surface area contributed by atoms with Gasteiger partial charge >= 0.3 is 5.97 Å². The number of nitrogens with one attached hydrogen (secondary N) is 2. The van der Waals surface area contributed by atoms with E-state index in [9.17, 15) is 22.4 Å². The van der Waals surface area contributed by atoms with Crippen molar-refractivity contribution in [2.24, 2.45) is 5.92 Å². The second kappa shape index (κ2) is 9.68. The Hall–Kier alpha value is -2.94. The highest BCUT2D eigenvalue weighted by Crippen LogP contribution is 2.33. The van der Waals surface area contributed by atoms with E-state index in [1.807, 2.05) is 0 Å². The number of ether oxygens (including phenoxy) is 1. The maximum Gasteiger partial charge on any atom is 0.331 e. The molecule has 0 saturated heterocycles. The van der Waals surface area contributed by atoms with Crippen LogP contribution in [0.2, 0.25) is 0 Å². The molecule has 32 heavy (non-hydrogen) atoms. The summed E-state index contributed by atoms with van der Waals surface area (Å²) in [6, 6.07) is 10.9. The average Bonchev–Trinajstić information content (AvgIpc) is 2.76. The van der Waals surface area contributed by atoms with Gasteiger partial charge in [-0.2, -0.15) is 0 Å². The number of carbonyl (C=O) groups is 2. The van der Waals surface area contributed by atoms with E-state index < -0.39 is 27.3 Å². The van der Waals surface area contributed by atoms with Crippen molar-refractivity contribution in [3.05, 3.63) is 59.9 Å². The van der Waals surface area contributed by atoms with E-state index in [0.717, 1.165) is 25.0 Å². The summed E-state index contributed by atoms with van der Waals surface area (Å²) in [5.74, 6) is -0.757. The Balaban J connectivity index is 1.64. The van der Waals surface area contributed by atoms with Gasteiger partial charge in [0.1, 0.15) is 11.4 Å². The molecule has 7 nitrogen and oxygen atoms in total. The summed E-state index contributed by atoms with van der Waals surface area (Å²) in [5.41, 5.74) is -0.0227. The van der Waals surface area contributed by atoms with E-state index >= 15 is 0 Å². The number of amides is 1. The lowest BCUT2D eigenvalue weighted by molar-refractivity contribution is -0.153. The lowest BCUT2D eigenvalue weighted by Crippen LogP contribution is -2.57. The van der Waals surface area contributed by atoms with Gasteiger partial charge in [-0.05, 0) is 73.6 Å². The number of halogens is 1. The second-order valence-electron chi connectivity index (χ2n) is 8.24. The van der Waals surface area contributed by atoms with Crippen LogP contribution in [0.15, 0.2) is 53.4 Å². The van der Waals surface area contributed by atoms with E-state index in [1.165, 1.54) is 19.2 Å².